The topological polar surface area (TPSA) is 70.5 Å². The number of aromatic nitrogens is 2. The number of nitroso groups, excluding NO2 is 1. The van der Waals surface area contributed by atoms with Gasteiger partial charge in [0.25, 0.3) is 0 Å². The summed E-state index contributed by atoms with van der Waals surface area (Å²) in [6.07, 6.45) is 1.91. The van der Waals surface area contributed by atoms with E-state index in [2.05, 4.69) is 20.5 Å². The van der Waals surface area contributed by atoms with Gasteiger partial charge in [-0.15, -0.1) is 4.91 Å². The molecule has 0 fully saturated rings. The average molecular weight is 331 g/mol. The van der Waals surface area contributed by atoms with Crippen molar-refractivity contribution in [3.8, 4) is 0 Å². The quantitative estimate of drug-likeness (QED) is 0.447. The summed E-state index contributed by atoms with van der Waals surface area (Å²) >= 11 is 1.44. The third-order valence-electron chi connectivity index (χ3n) is 3.48. The number of anilines is 2. The lowest BCUT2D eigenvalue weighted by molar-refractivity contribution is 0.819. The molecule has 0 aliphatic carbocycles. The minimum Gasteiger partial charge on any atom is -0.364 e. The number of hydrogen-bond acceptors (Lipinski definition) is 7. The van der Waals surface area contributed by atoms with E-state index in [0.717, 1.165) is 18.7 Å². The third kappa shape index (κ3) is 4.19. The molecule has 0 radical (unpaired) electrons. The molecule has 23 heavy (non-hydrogen) atoms. The van der Waals surface area contributed by atoms with Crippen LogP contribution >= 0.6 is 11.8 Å². The fourth-order valence-corrected chi connectivity index (χ4v) is 2.61. The maximum absolute atomic E-state index is 11.4. The standard InChI is InChI=1S/C16H21N5OS/c1-4-21(5-2)15-13(20-22)14(18-16(19-15)23-3)17-11-12-9-7-6-8-10-12/h6-10H,4-5,11H2,1-3H3,(H,17,18,19). The first-order chi connectivity index (χ1) is 11.2. The van der Waals surface area contributed by atoms with Gasteiger partial charge in [-0.25, -0.2) is 9.97 Å². The Morgan fingerprint density at radius 2 is 1.87 bits per heavy atom. The maximum Gasteiger partial charge on any atom is 0.192 e. The fourth-order valence-electron chi connectivity index (χ4n) is 2.25. The summed E-state index contributed by atoms with van der Waals surface area (Å²) < 4.78 is 0. The average Bonchev–Trinajstić information content (AvgIpc) is 2.61. The number of benzene rings is 1. The molecule has 0 unspecified atom stereocenters. The predicted molar refractivity (Wildman–Crippen MR) is 96.6 cm³/mol. The molecule has 1 aromatic carbocycles. The lowest BCUT2D eigenvalue weighted by atomic mass is 10.2. The second-order valence-corrected chi connectivity index (χ2v) is 5.61. The van der Waals surface area contributed by atoms with Gasteiger partial charge in [-0.1, -0.05) is 42.1 Å². The molecule has 0 atom stereocenters. The van der Waals surface area contributed by atoms with Crippen molar-refractivity contribution in [1.29, 1.82) is 0 Å². The Morgan fingerprint density at radius 3 is 2.43 bits per heavy atom. The van der Waals surface area contributed by atoms with Crippen molar-refractivity contribution in [2.75, 3.05) is 29.6 Å². The second kappa shape index (κ2) is 8.47. The molecular weight excluding hydrogens is 310 g/mol. The van der Waals surface area contributed by atoms with Gasteiger partial charge in [0.05, 0.1) is 0 Å². The van der Waals surface area contributed by atoms with Gasteiger partial charge in [0.1, 0.15) is 0 Å². The summed E-state index contributed by atoms with van der Waals surface area (Å²) in [5.74, 6) is 1.06. The molecule has 2 aromatic rings. The molecule has 0 spiro atoms. The third-order valence-corrected chi connectivity index (χ3v) is 4.03. The molecule has 2 rings (SSSR count). The molecular formula is C16H21N5OS. The predicted octanol–water partition coefficient (Wildman–Crippen LogP) is 4.05. The zero-order valence-electron chi connectivity index (χ0n) is 13.6. The van der Waals surface area contributed by atoms with Crippen molar-refractivity contribution in [1.82, 2.24) is 9.97 Å². The smallest absolute Gasteiger partial charge is 0.192 e. The van der Waals surface area contributed by atoms with Crippen molar-refractivity contribution in [2.24, 2.45) is 5.18 Å². The zero-order valence-corrected chi connectivity index (χ0v) is 14.4. The number of nitrogens with zero attached hydrogens (tertiary/aromatic N) is 4. The zero-order chi connectivity index (χ0) is 16.7. The summed E-state index contributed by atoms with van der Waals surface area (Å²) in [6.45, 7) is 6.13. The van der Waals surface area contributed by atoms with Crippen molar-refractivity contribution in [2.45, 2.75) is 25.5 Å². The highest BCUT2D eigenvalue weighted by Crippen LogP contribution is 2.35. The van der Waals surface area contributed by atoms with E-state index in [-0.39, 0.29) is 5.69 Å². The molecule has 0 aliphatic rings. The van der Waals surface area contributed by atoms with Crippen molar-refractivity contribution >= 4 is 29.1 Å². The lowest BCUT2D eigenvalue weighted by Gasteiger charge is -2.22. The molecule has 0 amide bonds. The summed E-state index contributed by atoms with van der Waals surface area (Å²) in [4.78, 5) is 22.3. The van der Waals surface area contributed by atoms with E-state index < -0.39 is 0 Å². The van der Waals surface area contributed by atoms with Gasteiger partial charge < -0.3 is 10.2 Å². The van der Waals surface area contributed by atoms with Crippen molar-refractivity contribution < 1.29 is 0 Å². The van der Waals surface area contributed by atoms with Gasteiger partial charge in [0.15, 0.2) is 22.5 Å². The van der Waals surface area contributed by atoms with E-state index in [1.807, 2.05) is 55.3 Å². The largest absolute Gasteiger partial charge is 0.364 e. The van der Waals surface area contributed by atoms with Crippen LogP contribution in [0.4, 0.5) is 17.3 Å². The van der Waals surface area contributed by atoms with E-state index in [4.69, 9.17) is 0 Å². The lowest BCUT2D eigenvalue weighted by Crippen LogP contribution is -2.24. The van der Waals surface area contributed by atoms with Gasteiger partial charge in [0.2, 0.25) is 0 Å². The molecule has 0 aliphatic heterocycles. The van der Waals surface area contributed by atoms with E-state index >= 15 is 0 Å². The number of thioether (sulfide) groups is 1. The Kier molecular flexibility index (Phi) is 6.34. The van der Waals surface area contributed by atoms with Crippen LogP contribution in [0.1, 0.15) is 19.4 Å². The van der Waals surface area contributed by atoms with Crippen LogP contribution in [-0.4, -0.2) is 29.3 Å². The first-order valence-electron chi connectivity index (χ1n) is 7.55. The van der Waals surface area contributed by atoms with Crippen LogP contribution < -0.4 is 10.2 Å². The van der Waals surface area contributed by atoms with Gasteiger partial charge in [-0.2, -0.15) is 0 Å². The number of hydrogen-bond donors (Lipinski definition) is 1. The minimum atomic E-state index is 0.266. The molecule has 0 saturated carbocycles. The van der Waals surface area contributed by atoms with Gasteiger partial charge in [0, 0.05) is 19.6 Å². The van der Waals surface area contributed by atoms with Crippen LogP contribution in [0.25, 0.3) is 0 Å². The van der Waals surface area contributed by atoms with Gasteiger partial charge >= 0.3 is 0 Å². The number of rotatable bonds is 8. The van der Waals surface area contributed by atoms with Crippen LogP contribution in [0.3, 0.4) is 0 Å². The molecule has 0 saturated heterocycles. The van der Waals surface area contributed by atoms with Crippen LogP contribution in [0, 0.1) is 4.91 Å². The highest BCUT2D eigenvalue weighted by atomic mass is 32.2. The van der Waals surface area contributed by atoms with Crippen LogP contribution in [0.2, 0.25) is 0 Å². The van der Waals surface area contributed by atoms with Crippen LogP contribution in [0.5, 0.6) is 0 Å². The van der Waals surface area contributed by atoms with E-state index in [1.165, 1.54) is 11.8 Å². The summed E-state index contributed by atoms with van der Waals surface area (Å²) in [5, 5.41) is 7.02. The number of nitrogens with one attached hydrogen (secondary N) is 1. The molecule has 1 aromatic heterocycles. The SMILES string of the molecule is CCN(CC)c1nc(SC)nc(NCc2ccccc2)c1N=O. The molecule has 6 nitrogen and oxygen atoms in total. The molecule has 1 N–H and O–H groups in total. The monoisotopic (exact) mass is 331 g/mol. The molecule has 0 bridgehead atoms. The highest BCUT2D eigenvalue weighted by Gasteiger charge is 2.19. The Morgan fingerprint density at radius 1 is 1.17 bits per heavy atom. The summed E-state index contributed by atoms with van der Waals surface area (Å²) in [6, 6.07) is 9.96. The Bertz CT molecular complexity index is 646. The minimum absolute atomic E-state index is 0.266. The normalized spacial score (nSPS) is 10.4. The van der Waals surface area contributed by atoms with Crippen LogP contribution in [-0.2, 0) is 6.54 Å². The Hall–Kier alpha value is -2.15. The molecule has 7 heteroatoms. The molecule has 122 valence electrons. The van der Waals surface area contributed by atoms with Crippen molar-refractivity contribution in [3.05, 3.63) is 40.8 Å². The second-order valence-electron chi connectivity index (χ2n) is 4.83. The van der Waals surface area contributed by atoms with E-state index in [0.29, 0.717) is 23.3 Å². The van der Waals surface area contributed by atoms with Crippen LogP contribution in [0.15, 0.2) is 40.7 Å². The fraction of sp³-hybridized carbons (Fsp3) is 0.375. The van der Waals surface area contributed by atoms with Gasteiger partial charge in [-0.3, -0.25) is 0 Å². The summed E-state index contributed by atoms with van der Waals surface area (Å²) in [7, 11) is 0. The van der Waals surface area contributed by atoms with Crippen molar-refractivity contribution in [3.63, 3.8) is 0 Å². The van der Waals surface area contributed by atoms with E-state index in [9.17, 15) is 4.91 Å². The highest BCUT2D eigenvalue weighted by molar-refractivity contribution is 7.98. The van der Waals surface area contributed by atoms with Gasteiger partial charge in [-0.05, 0) is 30.8 Å². The Balaban J connectivity index is 2.36. The molecule has 1 heterocycles. The first-order valence-corrected chi connectivity index (χ1v) is 8.78. The van der Waals surface area contributed by atoms with E-state index in [1.54, 1.807) is 0 Å². The Labute approximate surface area is 140 Å². The maximum atomic E-state index is 11.4. The first kappa shape index (κ1) is 17.2. The summed E-state index contributed by atoms with van der Waals surface area (Å²) in [5.41, 5.74) is 1.38.